The molecule has 6 heteroatoms. The molecule has 6 nitrogen and oxygen atoms in total. The first-order valence-electron chi connectivity index (χ1n) is 7.42. The Morgan fingerprint density at radius 1 is 1.29 bits per heavy atom. The van der Waals surface area contributed by atoms with Gasteiger partial charge in [0.05, 0.1) is 13.2 Å². The van der Waals surface area contributed by atoms with Crippen molar-refractivity contribution in [2.75, 3.05) is 38.2 Å². The van der Waals surface area contributed by atoms with E-state index in [9.17, 15) is 4.79 Å². The molecule has 1 saturated heterocycles. The van der Waals surface area contributed by atoms with Crippen molar-refractivity contribution >= 4 is 11.7 Å². The highest BCUT2D eigenvalue weighted by molar-refractivity contribution is 5.88. The van der Waals surface area contributed by atoms with Gasteiger partial charge >= 0.3 is 6.03 Å². The lowest BCUT2D eigenvalue weighted by atomic mass is 10.1. The number of benzene rings is 1. The summed E-state index contributed by atoms with van der Waals surface area (Å²) in [4.78, 5) is 11.9. The summed E-state index contributed by atoms with van der Waals surface area (Å²) in [6.07, 6.45) is 0. The largest absolute Gasteiger partial charge is 0.379 e. The third-order valence-corrected chi connectivity index (χ3v) is 3.45. The van der Waals surface area contributed by atoms with Crippen molar-refractivity contribution in [2.45, 2.75) is 19.9 Å². The maximum Gasteiger partial charge on any atom is 0.333 e. The quantitative estimate of drug-likeness (QED) is 0.773. The number of morpholine rings is 1. The van der Waals surface area contributed by atoms with Gasteiger partial charge in [0.25, 0.3) is 0 Å². The number of amides is 2. The molecular formula is C15H24N4O2. The highest BCUT2D eigenvalue weighted by atomic mass is 16.5. The van der Waals surface area contributed by atoms with Crippen LogP contribution in [0.25, 0.3) is 0 Å². The van der Waals surface area contributed by atoms with Gasteiger partial charge in [0.1, 0.15) is 0 Å². The molecule has 1 aromatic carbocycles. The number of carbonyl (C=O) groups is 1. The van der Waals surface area contributed by atoms with E-state index in [4.69, 9.17) is 4.74 Å². The van der Waals surface area contributed by atoms with Crippen LogP contribution in [-0.4, -0.2) is 43.9 Å². The average molecular weight is 292 g/mol. The molecule has 1 unspecified atom stereocenters. The molecule has 1 heterocycles. The third-order valence-electron chi connectivity index (χ3n) is 3.45. The topological polar surface area (TPSA) is 65.6 Å². The second kappa shape index (κ2) is 7.97. The standard InChI is InChI=1S/C15H24N4O2/c1-3-16-12(2)13-4-6-14(7-5-13)17-15(20)18-19-8-10-21-11-9-19/h4-7,12,16H,3,8-11H2,1-2H3,(H2,17,18,20). The van der Waals surface area contributed by atoms with E-state index in [0.717, 1.165) is 12.2 Å². The van der Waals surface area contributed by atoms with Crippen LogP contribution < -0.4 is 16.1 Å². The monoisotopic (exact) mass is 292 g/mol. The third kappa shape index (κ3) is 5.00. The molecule has 3 N–H and O–H groups in total. The van der Waals surface area contributed by atoms with E-state index in [1.807, 2.05) is 29.3 Å². The van der Waals surface area contributed by atoms with Crippen LogP contribution in [0.5, 0.6) is 0 Å². The van der Waals surface area contributed by atoms with E-state index in [-0.39, 0.29) is 6.03 Å². The van der Waals surface area contributed by atoms with Gasteiger partial charge in [0.2, 0.25) is 0 Å². The predicted molar refractivity (Wildman–Crippen MR) is 83.1 cm³/mol. The Hall–Kier alpha value is -1.63. The molecule has 1 atom stereocenters. The number of urea groups is 1. The minimum Gasteiger partial charge on any atom is -0.379 e. The number of hydrazine groups is 1. The number of nitrogens with one attached hydrogen (secondary N) is 3. The van der Waals surface area contributed by atoms with Crippen molar-refractivity contribution in [1.29, 1.82) is 0 Å². The molecule has 1 aromatic rings. The summed E-state index contributed by atoms with van der Waals surface area (Å²) in [5.74, 6) is 0. The Kier molecular flexibility index (Phi) is 5.98. The van der Waals surface area contributed by atoms with Gasteiger partial charge in [-0.15, -0.1) is 0 Å². The Labute approximate surface area is 125 Å². The fraction of sp³-hybridized carbons (Fsp3) is 0.533. The molecule has 1 fully saturated rings. The summed E-state index contributed by atoms with van der Waals surface area (Å²) in [5, 5.41) is 8.05. The highest BCUT2D eigenvalue weighted by Crippen LogP contribution is 2.15. The predicted octanol–water partition coefficient (Wildman–Crippen LogP) is 1.73. The van der Waals surface area contributed by atoms with Crippen LogP contribution in [0.2, 0.25) is 0 Å². The normalized spacial score (nSPS) is 17.2. The van der Waals surface area contributed by atoms with Crippen molar-refractivity contribution in [3.63, 3.8) is 0 Å². The molecule has 2 rings (SSSR count). The average Bonchev–Trinajstić information content (AvgIpc) is 2.49. The zero-order valence-electron chi connectivity index (χ0n) is 12.7. The second-order valence-corrected chi connectivity index (χ2v) is 5.07. The fourth-order valence-electron chi connectivity index (χ4n) is 2.26. The molecule has 0 saturated carbocycles. The summed E-state index contributed by atoms with van der Waals surface area (Å²) in [7, 11) is 0. The van der Waals surface area contributed by atoms with E-state index in [1.165, 1.54) is 5.56 Å². The molecule has 1 aliphatic heterocycles. The van der Waals surface area contributed by atoms with Crippen molar-refractivity contribution in [3.8, 4) is 0 Å². The molecular weight excluding hydrogens is 268 g/mol. The van der Waals surface area contributed by atoms with E-state index < -0.39 is 0 Å². The minimum absolute atomic E-state index is 0.218. The van der Waals surface area contributed by atoms with Gasteiger partial charge in [-0.25, -0.2) is 9.80 Å². The molecule has 116 valence electrons. The van der Waals surface area contributed by atoms with Gasteiger partial charge < -0.3 is 15.4 Å². The maximum atomic E-state index is 11.9. The molecule has 0 radical (unpaired) electrons. The Morgan fingerprint density at radius 3 is 2.57 bits per heavy atom. The zero-order chi connectivity index (χ0) is 15.1. The lowest BCUT2D eigenvalue weighted by Gasteiger charge is -2.26. The van der Waals surface area contributed by atoms with Gasteiger partial charge in [0.15, 0.2) is 0 Å². The molecule has 2 amide bonds. The van der Waals surface area contributed by atoms with E-state index in [2.05, 4.69) is 29.9 Å². The smallest absolute Gasteiger partial charge is 0.333 e. The zero-order valence-corrected chi connectivity index (χ0v) is 12.7. The van der Waals surface area contributed by atoms with Crippen LogP contribution in [0, 0.1) is 0 Å². The van der Waals surface area contributed by atoms with E-state index >= 15 is 0 Å². The number of hydrogen-bond donors (Lipinski definition) is 3. The van der Waals surface area contributed by atoms with E-state index in [0.29, 0.717) is 32.3 Å². The van der Waals surface area contributed by atoms with Gasteiger partial charge in [-0.1, -0.05) is 19.1 Å². The summed E-state index contributed by atoms with van der Waals surface area (Å²) in [6, 6.07) is 7.98. The number of rotatable bonds is 5. The Balaban J connectivity index is 1.83. The van der Waals surface area contributed by atoms with Crippen LogP contribution in [0.1, 0.15) is 25.5 Å². The van der Waals surface area contributed by atoms with Crippen LogP contribution in [0.4, 0.5) is 10.5 Å². The van der Waals surface area contributed by atoms with Gasteiger partial charge in [-0.3, -0.25) is 5.43 Å². The molecule has 1 aliphatic rings. The van der Waals surface area contributed by atoms with Gasteiger partial charge in [-0.2, -0.15) is 0 Å². The first-order chi connectivity index (χ1) is 10.2. The number of hydrogen-bond acceptors (Lipinski definition) is 4. The molecule has 0 aromatic heterocycles. The van der Waals surface area contributed by atoms with Crippen molar-refractivity contribution < 1.29 is 9.53 Å². The first kappa shape index (κ1) is 15.8. The summed E-state index contributed by atoms with van der Waals surface area (Å²) in [5.41, 5.74) is 4.81. The SMILES string of the molecule is CCNC(C)c1ccc(NC(=O)NN2CCOCC2)cc1. The number of ether oxygens (including phenoxy) is 1. The van der Waals surface area contributed by atoms with E-state index in [1.54, 1.807) is 0 Å². The van der Waals surface area contributed by atoms with Crippen LogP contribution >= 0.6 is 0 Å². The highest BCUT2D eigenvalue weighted by Gasteiger charge is 2.13. The van der Waals surface area contributed by atoms with Gasteiger partial charge in [-0.05, 0) is 31.2 Å². The second-order valence-electron chi connectivity index (χ2n) is 5.07. The molecule has 21 heavy (non-hydrogen) atoms. The molecule has 0 spiro atoms. The number of carbonyl (C=O) groups excluding carboxylic acids is 1. The lowest BCUT2D eigenvalue weighted by molar-refractivity contribution is 0.0207. The minimum atomic E-state index is -0.218. The van der Waals surface area contributed by atoms with Crippen LogP contribution in [-0.2, 0) is 4.74 Å². The lowest BCUT2D eigenvalue weighted by Crippen LogP contribution is -2.49. The maximum absolute atomic E-state index is 11.9. The fourth-order valence-corrected chi connectivity index (χ4v) is 2.26. The van der Waals surface area contributed by atoms with Crippen LogP contribution in [0.15, 0.2) is 24.3 Å². The van der Waals surface area contributed by atoms with Crippen molar-refractivity contribution in [2.24, 2.45) is 0 Å². The van der Waals surface area contributed by atoms with Crippen molar-refractivity contribution in [3.05, 3.63) is 29.8 Å². The summed E-state index contributed by atoms with van der Waals surface area (Å²) < 4.78 is 5.24. The number of anilines is 1. The van der Waals surface area contributed by atoms with Crippen LogP contribution in [0.3, 0.4) is 0 Å². The first-order valence-corrected chi connectivity index (χ1v) is 7.42. The summed E-state index contributed by atoms with van der Waals surface area (Å²) in [6.45, 7) is 7.87. The Morgan fingerprint density at radius 2 is 1.95 bits per heavy atom. The number of nitrogens with zero attached hydrogens (tertiary/aromatic N) is 1. The Bertz CT molecular complexity index is 443. The van der Waals surface area contributed by atoms with Crippen molar-refractivity contribution in [1.82, 2.24) is 15.8 Å². The van der Waals surface area contributed by atoms with Gasteiger partial charge in [0, 0.05) is 24.8 Å². The summed E-state index contributed by atoms with van der Waals surface area (Å²) >= 11 is 0. The molecule has 0 aliphatic carbocycles. The molecule has 0 bridgehead atoms.